The van der Waals surface area contributed by atoms with Crippen LogP contribution in [0.15, 0.2) is 30.2 Å². The molecule has 0 aliphatic heterocycles. The van der Waals surface area contributed by atoms with Crippen LogP contribution >= 0.6 is 0 Å². The predicted octanol–water partition coefficient (Wildman–Crippen LogP) is 1.03. The van der Waals surface area contributed by atoms with E-state index in [2.05, 4.69) is 4.65 Å². The van der Waals surface area contributed by atoms with E-state index in [4.69, 9.17) is 6.85 Å². The monoisotopic (exact) mass is 125 g/mol. The van der Waals surface area contributed by atoms with Crippen LogP contribution in [0.5, 0.6) is 5.75 Å². The fraction of sp³-hybridized carbons (Fsp3) is 0. The molecule has 0 heterocycles. The van der Waals surface area contributed by atoms with Gasteiger partial charge in [-0.3, -0.25) is 0 Å². The van der Waals surface area contributed by atoms with Gasteiger partial charge < -0.3 is 0 Å². The molecule has 0 aromatic heterocycles. The Morgan fingerprint density at radius 2 is 2.11 bits per heavy atom. The van der Waals surface area contributed by atoms with Gasteiger partial charge in [0.05, 0.1) is 0 Å². The second-order valence-electron chi connectivity index (χ2n) is 1.17. The van der Waals surface area contributed by atoms with Crippen molar-refractivity contribution in [3.05, 3.63) is 30.2 Å². The van der Waals surface area contributed by atoms with Gasteiger partial charge in [-0.25, -0.2) is 0 Å². The van der Waals surface area contributed by atoms with Gasteiger partial charge in [-0.1, -0.05) is 0 Å². The molecule has 0 N–H and O–H groups in total. The van der Waals surface area contributed by atoms with Crippen LogP contribution in [0.2, 0.25) is 0 Å². The van der Waals surface area contributed by atoms with E-state index in [9.17, 15) is 4.70 Å². The van der Waals surface area contributed by atoms with E-state index in [-0.39, 0.29) is 7.35 Å². The van der Waals surface area contributed by atoms with Crippen molar-refractivity contribution < 1.29 is 16.2 Å². The van der Waals surface area contributed by atoms with Gasteiger partial charge >= 0.3 is 59.5 Å². The van der Waals surface area contributed by atoms with E-state index < -0.39 is 36.0 Å². The third kappa shape index (κ3) is 1.68. The molecule has 0 bridgehead atoms. The number of benzene rings is 1. The van der Waals surface area contributed by atoms with Gasteiger partial charge in [0.1, 0.15) is 0 Å². The zero-order valence-electron chi connectivity index (χ0n) is 9.39. The van der Waals surface area contributed by atoms with Crippen LogP contribution in [0, 0.1) is 0 Å². The van der Waals surface area contributed by atoms with Crippen molar-refractivity contribution in [3.8, 4) is 5.75 Å². The molecule has 9 heavy (non-hydrogen) atoms. The van der Waals surface area contributed by atoms with E-state index in [1.54, 1.807) is 0 Å². The minimum atomic E-state index is -0.525. The van der Waals surface area contributed by atoms with E-state index in [0.717, 1.165) is 0 Å². The minimum absolute atomic E-state index is 0.0217. The predicted molar refractivity (Wildman–Crippen MR) is 33.5 cm³/mol. The van der Waals surface area contributed by atoms with Gasteiger partial charge in [-0.2, -0.15) is 0 Å². The summed E-state index contributed by atoms with van der Waals surface area (Å²) >= 11 is 0. The van der Waals surface area contributed by atoms with Crippen molar-refractivity contribution in [2.45, 2.75) is 0 Å². The molecule has 1 aromatic rings. The topological polar surface area (TPSA) is 26.3 Å². The maximum absolute atomic E-state index is 10.0. The van der Waals surface area contributed by atoms with Crippen LogP contribution in [0.25, 0.3) is 0 Å². The Bertz CT molecular complexity index is 365. The molecule has 0 saturated heterocycles. The summed E-state index contributed by atoms with van der Waals surface area (Å²) in [6.07, 6.45) is 0. The first-order valence-electron chi connectivity index (χ1n) is 4.68. The van der Waals surface area contributed by atoms with Crippen molar-refractivity contribution in [2.24, 2.45) is 0 Å². The quantitative estimate of drug-likeness (QED) is 0.551. The Morgan fingerprint density at radius 3 is 2.67 bits per heavy atom. The molecule has 1 rings (SSSR count). The van der Waals surface area contributed by atoms with Crippen molar-refractivity contribution in [3.63, 3.8) is 0 Å². The van der Waals surface area contributed by atoms with E-state index in [1.807, 2.05) is 0 Å². The first-order chi connectivity index (χ1) is 6.50. The van der Waals surface area contributed by atoms with Crippen molar-refractivity contribution >= 4 is 7.35 Å². The van der Waals surface area contributed by atoms with Crippen molar-refractivity contribution in [1.29, 1.82) is 0 Å². The number of hydrogen-bond acceptors (Lipinski definition) is 2. The number of para-hydroxylation sites is 1. The third-order valence-corrected chi connectivity index (χ3v) is 0.643. The molecule has 0 radical (unpaired) electrons. The molecular weight excluding hydrogens is 115 g/mol. The molecule has 0 saturated carbocycles. The van der Waals surface area contributed by atoms with E-state index >= 15 is 0 Å². The van der Waals surface area contributed by atoms with Gasteiger partial charge in [-0.15, -0.1) is 0 Å². The fourth-order valence-corrected chi connectivity index (χ4v) is 0.346. The number of hydrogen-bond donors (Lipinski definition) is 0. The normalized spacial score (nSPS) is 15.8. The summed E-state index contributed by atoms with van der Waals surface area (Å²) in [7, 11) is 0.0217. The van der Waals surface area contributed by atoms with E-state index in [1.165, 1.54) is 0 Å². The zero-order valence-corrected chi connectivity index (χ0v) is 4.39. The fourth-order valence-electron chi connectivity index (χ4n) is 0.346. The molecule has 44 valence electrons. The molecule has 2 nitrogen and oxygen atoms in total. The van der Waals surface area contributed by atoms with Crippen LogP contribution in [0.1, 0.15) is 6.85 Å². The molecule has 1 aromatic carbocycles. The molecule has 0 amide bonds. The molecule has 0 unspecified atom stereocenters. The maximum atomic E-state index is 10.0. The second kappa shape index (κ2) is 3.02. The molecule has 0 aliphatic carbocycles. The van der Waals surface area contributed by atoms with Crippen molar-refractivity contribution in [2.75, 3.05) is 0 Å². The van der Waals surface area contributed by atoms with Gasteiger partial charge in [0.15, 0.2) is 0 Å². The molecule has 0 atom stereocenters. The average molecular weight is 125 g/mol. The SMILES string of the molecule is [2H]c1c([2H])c([2H])c(OB=O)c([2H])c1[2H]. The summed E-state index contributed by atoms with van der Waals surface area (Å²) < 4.78 is 50.5. The summed E-state index contributed by atoms with van der Waals surface area (Å²) in [5, 5.41) is 0. The molecule has 0 fully saturated rings. The molecule has 3 heteroatoms. The molecular formula is C6H5BO2. The molecule has 0 spiro atoms. The van der Waals surface area contributed by atoms with Crippen LogP contribution in [-0.4, -0.2) is 7.35 Å². The zero-order chi connectivity index (χ0) is 10.9. The van der Waals surface area contributed by atoms with Gasteiger partial charge in [0, 0.05) is 0 Å². The Balaban J connectivity index is 3.50. The first-order valence-corrected chi connectivity index (χ1v) is 2.18. The Labute approximate surface area is 60.8 Å². The Kier molecular flexibility index (Phi) is 0.756. The summed E-state index contributed by atoms with van der Waals surface area (Å²) in [6.45, 7) is 0. The first kappa shape index (κ1) is 2.25. The molecule has 0 aliphatic rings. The Morgan fingerprint density at radius 1 is 1.44 bits per heavy atom. The summed E-state index contributed by atoms with van der Waals surface area (Å²) in [6, 6.07) is -2.62. The van der Waals surface area contributed by atoms with Gasteiger partial charge in [0.25, 0.3) is 0 Å². The third-order valence-electron chi connectivity index (χ3n) is 0.643. The summed E-state index contributed by atoms with van der Waals surface area (Å²) in [5.41, 5.74) is 0. The summed E-state index contributed by atoms with van der Waals surface area (Å²) in [5.74, 6) is -0.453. The summed E-state index contributed by atoms with van der Waals surface area (Å²) in [4.78, 5) is 0. The standard InChI is InChI=1S/C6H5BO2/c8-7-9-6-4-2-1-3-5-6/h1-5H/i1D,2D,3D,4D,5D. The van der Waals surface area contributed by atoms with Crippen LogP contribution < -0.4 is 4.65 Å². The van der Waals surface area contributed by atoms with E-state index in [0.29, 0.717) is 0 Å². The van der Waals surface area contributed by atoms with Crippen LogP contribution in [-0.2, 0) is 4.70 Å². The van der Waals surface area contributed by atoms with Crippen molar-refractivity contribution in [1.82, 2.24) is 0 Å². The van der Waals surface area contributed by atoms with Gasteiger partial charge in [-0.05, 0) is 0 Å². The van der Waals surface area contributed by atoms with Gasteiger partial charge in [0.2, 0.25) is 0 Å². The number of rotatable bonds is 2. The Hall–Kier alpha value is -1.12. The second-order valence-corrected chi connectivity index (χ2v) is 1.17. The van der Waals surface area contributed by atoms with Crippen LogP contribution in [0.4, 0.5) is 0 Å². The average Bonchev–Trinajstić information content (AvgIpc) is 2.19. The van der Waals surface area contributed by atoms with Crippen LogP contribution in [0.3, 0.4) is 0 Å².